The first-order valence-electron chi connectivity index (χ1n) is 8.83. The van der Waals surface area contributed by atoms with Crippen molar-refractivity contribution in [2.75, 3.05) is 13.1 Å². The third-order valence-corrected chi connectivity index (χ3v) is 5.23. The molecular weight excluding hydrogens is 264 g/mol. The summed E-state index contributed by atoms with van der Waals surface area (Å²) in [6.45, 7) is 1.50. The first kappa shape index (κ1) is 14.9. The Balaban J connectivity index is 1.50. The van der Waals surface area contributed by atoms with Gasteiger partial charge in [-0.3, -0.25) is 9.59 Å². The number of carbonyl (C=O) groups is 2. The van der Waals surface area contributed by atoms with Crippen molar-refractivity contribution in [1.29, 1.82) is 0 Å². The van der Waals surface area contributed by atoms with Crippen molar-refractivity contribution in [2.45, 2.75) is 70.3 Å². The van der Waals surface area contributed by atoms with Gasteiger partial charge in [0.1, 0.15) is 0 Å². The maximum Gasteiger partial charge on any atom is 0.225 e. The van der Waals surface area contributed by atoms with E-state index in [-0.39, 0.29) is 17.7 Å². The molecule has 1 atom stereocenters. The van der Waals surface area contributed by atoms with Gasteiger partial charge in [-0.2, -0.15) is 0 Å². The van der Waals surface area contributed by atoms with Crippen LogP contribution in [-0.2, 0) is 9.59 Å². The van der Waals surface area contributed by atoms with Crippen molar-refractivity contribution in [1.82, 2.24) is 10.2 Å². The molecule has 1 heterocycles. The summed E-state index contributed by atoms with van der Waals surface area (Å²) in [7, 11) is 0. The Morgan fingerprint density at radius 3 is 2.19 bits per heavy atom. The number of amides is 2. The van der Waals surface area contributed by atoms with E-state index in [4.69, 9.17) is 0 Å². The van der Waals surface area contributed by atoms with E-state index in [2.05, 4.69) is 5.32 Å². The Kier molecular flexibility index (Phi) is 4.81. The third kappa shape index (κ3) is 3.98. The minimum atomic E-state index is 0.0182. The van der Waals surface area contributed by atoms with E-state index in [0.29, 0.717) is 18.5 Å². The van der Waals surface area contributed by atoms with Gasteiger partial charge < -0.3 is 10.2 Å². The first-order valence-corrected chi connectivity index (χ1v) is 8.83. The van der Waals surface area contributed by atoms with E-state index < -0.39 is 0 Å². The molecule has 1 aliphatic heterocycles. The quantitative estimate of drug-likeness (QED) is 0.812. The largest absolute Gasteiger partial charge is 0.353 e. The average molecular weight is 292 g/mol. The summed E-state index contributed by atoms with van der Waals surface area (Å²) in [5.74, 6) is 0.774. The van der Waals surface area contributed by atoms with Gasteiger partial charge in [0.15, 0.2) is 0 Å². The number of hydrogen-bond acceptors (Lipinski definition) is 2. The molecule has 4 heteroatoms. The maximum absolute atomic E-state index is 12.5. The second-order valence-corrected chi connectivity index (χ2v) is 7.09. The van der Waals surface area contributed by atoms with Crippen LogP contribution in [0, 0.1) is 11.8 Å². The minimum absolute atomic E-state index is 0.0182. The van der Waals surface area contributed by atoms with Gasteiger partial charge in [-0.05, 0) is 38.5 Å². The number of rotatable bonds is 3. The highest BCUT2D eigenvalue weighted by atomic mass is 16.2. The van der Waals surface area contributed by atoms with Crippen molar-refractivity contribution < 1.29 is 9.59 Å². The van der Waals surface area contributed by atoms with Crippen LogP contribution in [0.4, 0.5) is 0 Å². The van der Waals surface area contributed by atoms with Crippen molar-refractivity contribution >= 4 is 11.8 Å². The summed E-state index contributed by atoms with van der Waals surface area (Å²) in [5.41, 5.74) is 0. The molecule has 1 saturated heterocycles. The lowest BCUT2D eigenvalue weighted by Gasteiger charge is -2.33. The predicted molar refractivity (Wildman–Crippen MR) is 81.7 cm³/mol. The Morgan fingerprint density at radius 2 is 1.52 bits per heavy atom. The minimum Gasteiger partial charge on any atom is -0.353 e. The Hall–Kier alpha value is -1.06. The summed E-state index contributed by atoms with van der Waals surface area (Å²) < 4.78 is 0. The van der Waals surface area contributed by atoms with E-state index in [1.54, 1.807) is 0 Å². The van der Waals surface area contributed by atoms with Crippen LogP contribution in [0.2, 0.25) is 0 Å². The van der Waals surface area contributed by atoms with Gasteiger partial charge in [-0.25, -0.2) is 0 Å². The molecule has 0 radical (unpaired) electrons. The molecule has 0 aromatic rings. The molecular formula is C17H28N2O2. The van der Waals surface area contributed by atoms with E-state index in [1.165, 1.54) is 25.7 Å². The van der Waals surface area contributed by atoms with Crippen LogP contribution in [-0.4, -0.2) is 35.8 Å². The summed E-state index contributed by atoms with van der Waals surface area (Å²) >= 11 is 0. The highest BCUT2D eigenvalue weighted by Gasteiger charge is 2.36. The van der Waals surface area contributed by atoms with Gasteiger partial charge >= 0.3 is 0 Å². The van der Waals surface area contributed by atoms with Gasteiger partial charge in [0, 0.05) is 25.0 Å². The summed E-state index contributed by atoms with van der Waals surface area (Å²) in [6.07, 6.45) is 11.4. The zero-order chi connectivity index (χ0) is 14.7. The van der Waals surface area contributed by atoms with Crippen LogP contribution in [0.1, 0.15) is 64.2 Å². The van der Waals surface area contributed by atoms with Crippen LogP contribution in [0.15, 0.2) is 0 Å². The molecule has 4 nitrogen and oxygen atoms in total. The molecule has 0 aromatic carbocycles. The van der Waals surface area contributed by atoms with Gasteiger partial charge in [-0.1, -0.05) is 25.7 Å². The Bertz CT molecular complexity index is 384. The standard InChI is InChI=1S/C17H28N2O2/c20-16(18-15-7-3-1-2-4-8-15)14-6-5-11-19(12-14)17(21)13-9-10-13/h13-15H,1-12H2,(H,18,20). The highest BCUT2D eigenvalue weighted by molar-refractivity contribution is 5.83. The lowest BCUT2D eigenvalue weighted by molar-refractivity contribution is -0.137. The lowest BCUT2D eigenvalue weighted by Crippen LogP contribution is -2.47. The number of carbonyl (C=O) groups excluding carboxylic acids is 2. The third-order valence-electron chi connectivity index (χ3n) is 5.23. The maximum atomic E-state index is 12.5. The van der Waals surface area contributed by atoms with Crippen LogP contribution < -0.4 is 5.32 Å². The fourth-order valence-electron chi connectivity index (χ4n) is 3.72. The van der Waals surface area contributed by atoms with E-state index in [0.717, 1.165) is 45.1 Å². The van der Waals surface area contributed by atoms with Crippen molar-refractivity contribution in [3.05, 3.63) is 0 Å². The molecule has 2 aliphatic carbocycles. The number of nitrogens with zero attached hydrogens (tertiary/aromatic N) is 1. The topological polar surface area (TPSA) is 49.4 Å². The van der Waals surface area contributed by atoms with Gasteiger partial charge in [0.25, 0.3) is 0 Å². The molecule has 3 rings (SSSR count). The van der Waals surface area contributed by atoms with Crippen molar-refractivity contribution in [3.8, 4) is 0 Å². The zero-order valence-electron chi connectivity index (χ0n) is 13.0. The van der Waals surface area contributed by atoms with E-state index in [1.807, 2.05) is 4.90 Å². The summed E-state index contributed by atoms with van der Waals surface area (Å²) in [5, 5.41) is 3.26. The molecule has 2 saturated carbocycles. The van der Waals surface area contributed by atoms with E-state index >= 15 is 0 Å². The highest BCUT2D eigenvalue weighted by Crippen LogP contribution is 2.32. The molecule has 0 aromatic heterocycles. The number of nitrogens with one attached hydrogen (secondary N) is 1. The van der Waals surface area contributed by atoms with Crippen molar-refractivity contribution in [3.63, 3.8) is 0 Å². The average Bonchev–Trinajstić information content (AvgIpc) is 3.34. The molecule has 1 N–H and O–H groups in total. The molecule has 118 valence electrons. The Labute approximate surface area is 127 Å². The van der Waals surface area contributed by atoms with Gasteiger partial charge in [0.2, 0.25) is 11.8 Å². The van der Waals surface area contributed by atoms with E-state index in [9.17, 15) is 9.59 Å². The van der Waals surface area contributed by atoms with Crippen LogP contribution in [0.5, 0.6) is 0 Å². The first-order chi connectivity index (χ1) is 10.2. The number of likely N-dealkylation sites (tertiary alicyclic amines) is 1. The molecule has 3 fully saturated rings. The smallest absolute Gasteiger partial charge is 0.225 e. The van der Waals surface area contributed by atoms with Crippen molar-refractivity contribution in [2.24, 2.45) is 11.8 Å². The van der Waals surface area contributed by atoms with Crippen LogP contribution in [0.3, 0.4) is 0 Å². The second kappa shape index (κ2) is 6.80. The molecule has 0 spiro atoms. The predicted octanol–water partition coefficient (Wildman–Crippen LogP) is 2.47. The SMILES string of the molecule is O=C(NC1CCCCCC1)C1CCCN(C(=O)C2CC2)C1. The normalized spacial score (nSPS) is 28.0. The second-order valence-electron chi connectivity index (χ2n) is 7.09. The van der Waals surface area contributed by atoms with Crippen LogP contribution >= 0.6 is 0 Å². The van der Waals surface area contributed by atoms with Crippen LogP contribution in [0.25, 0.3) is 0 Å². The zero-order valence-corrected chi connectivity index (χ0v) is 13.0. The number of hydrogen-bond donors (Lipinski definition) is 1. The van der Waals surface area contributed by atoms with Gasteiger partial charge in [-0.15, -0.1) is 0 Å². The molecule has 21 heavy (non-hydrogen) atoms. The molecule has 2 amide bonds. The van der Waals surface area contributed by atoms with Gasteiger partial charge in [0.05, 0.1) is 5.92 Å². The monoisotopic (exact) mass is 292 g/mol. The Morgan fingerprint density at radius 1 is 0.810 bits per heavy atom. The molecule has 0 bridgehead atoms. The fourth-order valence-corrected chi connectivity index (χ4v) is 3.72. The fraction of sp³-hybridized carbons (Fsp3) is 0.882. The summed E-state index contributed by atoms with van der Waals surface area (Å²) in [6, 6.07) is 0.370. The molecule has 3 aliphatic rings. The number of piperidine rings is 1. The molecule has 1 unspecified atom stereocenters. The lowest BCUT2D eigenvalue weighted by atomic mass is 9.96. The summed E-state index contributed by atoms with van der Waals surface area (Å²) in [4.78, 5) is 26.6.